The molecule has 0 radical (unpaired) electrons. The summed E-state index contributed by atoms with van der Waals surface area (Å²) in [5.74, 6) is 0.347. The van der Waals surface area contributed by atoms with Gasteiger partial charge in [-0.15, -0.1) is 0 Å². The van der Waals surface area contributed by atoms with E-state index in [2.05, 4.69) is 52.2 Å². The molecule has 3 fully saturated rings. The highest BCUT2D eigenvalue weighted by molar-refractivity contribution is 5.90. The maximum Gasteiger partial charge on any atom is 0.419 e. The highest BCUT2D eigenvalue weighted by Gasteiger charge is 2.42. The first-order valence-corrected chi connectivity index (χ1v) is 54.6. The van der Waals surface area contributed by atoms with Crippen LogP contribution < -0.4 is 10.6 Å². The molecule has 0 bridgehead atoms. The molecule has 1 aromatic carbocycles. The molecule has 806 valence electrons. The van der Waals surface area contributed by atoms with Gasteiger partial charge in [-0.1, -0.05) is 285 Å². The smallest absolute Gasteiger partial charge is 0.419 e. The molecule has 3 saturated carbocycles. The van der Waals surface area contributed by atoms with E-state index in [1.54, 1.807) is 41.5 Å². The normalized spacial score (nSPS) is 14.0. The summed E-state index contributed by atoms with van der Waals surface area (Å²) < 4.78 is 54.8. The van der Waals surface area contributed by atoms with E-state index in [4.69, 9.17) is 47.4 Å². The first-order chi connectivity index (χ1) is 64.6. The molecule has 4 rings (SSSR count). The summed E-state index contributed by atoms with van der Waals surface area (Å²) in [5.41, 5.74) is -4.21. The molecule has 26 nitrogen and oxygen atoms in total. The van der Waals surface area contributed by atoms with Gasteiger partial charge in [-0.05, 0) is 279 Å². The third-order valence-corrected chi connectivity index (χ3v) is 24.2. The minimum Gasteiger partial charge on any atom is -0.446 e. The van der Waals surface area contributed by atoms with Crippen LogP contribution in [0.5, 0.6) is 0 Å². The lowest BCUT2D eigenvalue weighted by Gasteiger charge is -2.37. The van der Waals surface area contributed by atoms with Crippen LogP contribution in [-0.4, -0.2) is 170 Å². The predicted molar refractivity (Wildman–Crippen MR) is 562 cm³/mol. The molecule has 0 heterocycles. The van der Waals surface area contributed by atoms with Gasteiger partial charge in [0.1, 0.15) is 56.5 Å². The Morgan fingerprint density at radius 2 is 0.587 bits per heavy atom. The summed E-state index contributed by atoms with van der Waals surface area (Å²) in [7, 11) is 0. The summed E-state index contributed by atoms with van der Waals surface area (Å²) in [6.45, 7) is 57.7. The highest BCUT2D eigenvalue weighted by atomic mass is 16.6. The zero-order valence-corrected chi connectivity index (χ0v) is 93.6. The van der Waals surface area contributed by atoms with Crippen molar-refractivity contribution in [1.29, 1.82) is 0 Å². The van der Waals surface area contributed by atoms with Crippen molar-refractivity contribution in [2.24, 2.45) is 5.92 Å². The molecule has 10 amide bonds. The van der Waals surface area contributed by atoms with Crippen molar-refractivity contribution in [3.8, 4) is 0 Å². The zero-order valence-electron chi connectivity index (χ0n) is 93.6. The summed E-state index contributed by atoms with van der Waals surface area (Å²) in [4.78, 5) is 128. The van der Waals surface area contributed by atoms with Gasteiger partial charge in [0.15, 0.2) is 0 Å². The number of ether oxygens (including phenoxy) is 10. The molecule has 2 N–H and O–H groups in total. The number of carbonyl (C=O) groups is 10. The van der Waals surface area contributed by atoms with E-state index in [1.807, 2.05) is 148 Å². The Bertz CT molecular complexity index is 3310. The third-order valence-electron chi connectivity index (χ3n) is 24.2. The molecule has 0 spiro atoms. The Hall–Kier alpha value is -7.28. The van der Waals surface area contributed by atoms with Crippen molar-refractivity contribution in [3.05, 3.63) is 30.3 Å². The maximum absolute atomic E-state index is 12.9. The molecule has 3 aliphatic rings. The summed E-state index contributed by atoms with van der Waals surface area (Å²) in [6, 6.07) is 9.22. The molecule has 1 aromatic rings. The van der Waals surface area contributed by atoms with Gasteiger partial charge in [-0.2, -0.15) is 0 Å². The number of para-hydroxylation sites is 1. The molecule has 3 aliphatic carbocycles. The molecular formula is C112H208N6O20. The average Bonchev–Trinajstić information content (AvgIpc) is 1.29. The Labute approximate surface area is 841 Å². The molecule has 0 atom stereocenters. The average molecular weight is 1960 g/mol. The van der Waals surface area contributed by atoms with Crippen LogP contribution in [0.4, 0.5) is 53.6 Å². The number of nitrogens with zero attached hydrogens (tertiary/aromatic N) is 4. The van der Waals surface area contributed by atoms with Gasteiger partial charge in [0.2, 0.25) is 0 Å². The SMILES string of the molecule is CC(C)(C)OC(=O)Nc1ccccc1.CCCCCCCCCN(C(=O)OC(C)(C)C)C(=O)OC(C)(C)C.CCCCCCCCCN(C(=O)OC(C)(C)C)C(=O)OC(C)(C)C1CCCCC1.CCCCCCCCCN(C(=O)OC(C)(C)CC)C(=O)OC(C)(C)CC.CCCCCCCCCN(C(=O)OC1CCCC1)C(=O)OC1(CC)CCCC1.CCCCCCCCCNC(=O)OC(C)(C)C. The number of carbonyl (C=O) groups excluding carboxylic acids is 10. The highest BCUT2D eigenvalue weighted by Crippen LogP contribution is 2.38. The Kier molecular flexibility index (Phi) is 70.9. The van der Waals surface area contributed by atoms with Crippen LogP contribution in [0.15, 0.2) is 30.3 Å². The molecule has 26 heteroatoms. The minimum atomic E-state index is -0.644. The number of rotatable bonds is 50. The number of alkyl carbamates (subject to hydrolysis) is 1. The van der Waals surface area contributed by atoms with Gasteiger partial charge >= 0.3 is 60.9 Å². The van der Waals surface area contributed by atoms with E-state index in [0.29, 0.717) is 44.9 Å². The van der Waals surface area contributed by atoms with Gasteiger partial charge in [-0.3, -0.25) is 5.32 Å². The summed E-state index contributed by atoms with van der Waals surface area (Å²) in [5, 5.41) is 5.42. The zero-order chi connectivity index (χ0) is 105. The van der Waals surface area contributed by atoms with Crippen LogP contribution in [0.25, 0.3) is 0 Å². The van der Waals surface area contributed by atoms with Crippen LogP contribution >= 0.6 is 0 Å². The van der Waals surface area contributed by atoms with Crippen molar-refractivity contribution in [1.82, 2.24) is 24.9 Å². The number of benzene rings is 1. The third kappa shape index (κ3) is 72.0. The second kappa shape index (κ2) is 73.7. The van der Waals surface area contributed by atoms with Gasteiger partial charge in [0.25, 0.3) is 0 Å². The molecule has 0 saturated heterocycles. The lowest BCUT2D eigenvalue weighted by molar-refractivity contribution is -0.0391. The second-order valence-corrected chi connectivity index (χ2v) is 44.7. The quantitative estimate of drug-likeness (QED) is 0.0452. The van der Waals surface area contributed by atoms with Gasteiger partial charge in [0, 0.05) is 38.4 Å². The summed E-state index contributed by atoms with van der Waals surface area (Å²) in [6.07, 6.45) is 50.8. The van der Waals surface area contributed by atoms with E-state index in [-0.39, 0.29) is 17.8 Å². The monoisotopic (exact) mass is 1960 g/mol. The van der Waals surface area contributed by atoms with Crippen LogP contribution in [0.1, 0.15) is 528 Å². The van der Waals surface area contributed by atoms with Crippen molar-refractivity contribution in [2.45, 2.75) is 585 Å². The van der Waals surface area contributed by atoms with Crippen molar-refractivity contribution >= 4 is 66.6 Å². The number of unbranched alkanes of at least 4 members (excludes halogenated alkanes) is 30. The molecule has 138 heavy (non-hydrogen) atoms. The van der Waals surface area contributed by atoms with Crippen molar-refractivity contribution in [2.75, 3.05) is 38.0 Å². The predicted octanol–water partition coefficient (Wildman–Crippen LogP) is 34.3. The Balaban J connectivity index is 0. The van der Waals surface area contributed by atoms with Crippen molar-refractivity contribution in [3.63, 3.8) is 0 Å². The fourth-order valence-corrected chi connectivity index (χ4v) is 15.3. The van der Waals surface area contributed by atoms with Crippen LogP contribution in [-0.2, 0) is 47.4 Å². The number of imide groups is 4. The van der Waals surface area contributed by atoms with Crippen LogP contribution in [0.2, 0.25) is 0 Å². The van der Waals surface area contributed by atoms with E-state index in [9.17, 15) is 47.9 Å². The van der Waals surface area contributed by atoms with Crippen molar-refractivity contribution < 1.29 is 95.3 Å². The number of amides is 10. The lowest BCUT2D eigenvalue weighted by atomic mass is 9.79. The fourth-order valence-electron chi connectivity index (χ4n) is 15.3. The van der Waals surface area contributed by atoms with Gasteiger partial charge in [0.05, 0.1) is 0 Å². The minimum absolute atomic E-state index is 0.0385. The van der Waals surface area contributed by atoms with E-state index in [0.717, 1.165) is 176 Å². The number of hydrogen-bond acceptors (Lipinski definition) is 20. The first-order valence-electron chi connectivity index (χ1n) is 54.6. The fraction of sp³-hybridized carbons (Fsp3) is 0.857. The topological polar surface area (TPSA) is 300 Å². The van der Waals surface area contributed by atoms with Gasteiger partial charge in [-0.25, -0.2) is 67.5 Å². The maximum atomic E-state index is 12.9. The largest absolute Gasteiger partial charge is 0.446 e. The molecule has 0 aromatic heterocycles. The van der Waals surface area contributed by atoms with Gasteiger partial charge < -0.3 is 52.7 Å². The second-order valence-electron chi connectivity index (χ2n) is 44.7. The number of anilines is 1. The van der Waals surface area contributed by atoms with E-state index < -0.39 is 99.6 Å². The molecule has 0 unspecified atom stereocenters. The number of hydrogen-bond donors (Lipinski definition) is 2. The standard InChI is InChI=1S/C24H45NO4.C23H41NO4.C21H41NO4.C19H37NO4.C14H29NO2.C11H15NO2/c1-7-8-9-10-11-12-16-19-25(21(26)28-23(2,3)4)22(27)29-24(5,6)20-17-14-13-15-18-20;1-3-5-6-7-8-9-14-19-24(21(25)27-20-15-10-11-16-20)22(26)28-23(4-2)17-12-13-18-23;1-8-11-12-13-14-15-16-17-22(18(23)25-20(4,5)9-2)19(24)26-21(6,7)10-3;1-8-9-10-11-12-13-14-15-20(16(21)23-18(2,3)4)17(22)24-19(5,6)7;1-5-6-7-8-9-10-11-12-15-13(16)17-14(2,3)4;1-11(2,3)14-10(13)12-9-7-5-4-6-8-9/h20H,7-19H2,1-6H3;20H,3-19H2,1-2H3;8-17H2,1-7H3;8-15H2,1-7H3;5-12H2,1-4H3,(H,15,16);4-8H,1-3H3,(H,12,13). The Morgan fingerprint density at radius 1 is 0.304 bits per heavy atom. The van der Waals surface area contributed by atoms with Crippen LogP contribution in [0, 0.1) is 5.92 Å². The van der Waals surface area contributed by atoms with E-state index in [1.165, 1.54) is 170 Å². The first kappa shape index (κ1) is 133. The Morgan fingerprint density at radius 3 is 0.899 bits per heavy atom. The van der Waals surface area contributed by atoms with E-state index >= 15 is 0 Å². The lowest BCUT2D eigenvalue weighted by Crippen LogP contribution is -2.46. The molecule has 0 aliphatic heterocycles. The van der Waals surface area contributed by atoms with Crippen LogP contribution in [0.3, 0.4) is 0 Å². The summed E-state index contributed by atoms with van der Waals surface area (Å²) >= 11 is 0. The number of nitrogens with one attached hydrogen (secondary N) is 2. The molecular weight excluding hydrogens is 1750 g/mol.